The molecule has 1 aromatic carbocycles. The van der Waals surface area contributed by atoms with E-state index in [1.165, 1.54) is 5.56 Å². The number of halogens is 1. The van der Waals surface area contributed by atoms with Gasteiger partial charge in [-0.25, -0.2) is 0 Å². The highest BCUT2D eigenvalue weighted by Crippen LogP contribution is 2.24. The molecule has 2 nitrogen and oxygen atoms in total. The quantitative estimate of drug-likeness (QED) is 0.864. The molecule has 0 aromatic heterocycles. The van der Waals surface area contributed by atoms with Crippen LogP contribution in [0.2, 0.25) is 0 Å². The van der Waals surface area contributed by atoms with Crippen LogP contribution in [0.25, 0.3) is 0 Å². The molecule has 96 valence electrons. The topological polar surface area (TPSA) is 35.2 Å². The van der Waals surface area contributed by atoms with Crippen molar-refractivity contribution < 1.29 is 4.74 Å². The Morgan fingerprint density at radius 1 is 1.35 bits per heavy atom. The number of benzene rings is 1. The van der Waals surface area contributed by atoms with Crippen molar-refractivity contribution >= 4 is 15.9 Å². The first kappa shape index (κ1) is 14.5. The summed E-state index contributed by atoms with van der Waals surface area (Å²) in [5.41, 5.74) is 7.04. The van der Waals surface area contributed by atoms with E-state index in [4.69, 9.17) is 10.5 Å². The predicted molar refractivity (Wildman–Crippen MR) is 76.5 cm³/mol. The Balaban J connectivity index is 2.74. The summed E-state index contributed by atoms with van der Waals surface area (Å²) in [6.07, 6.45) is 3.35. The highest BCUT2D eigenvalue weighted by Gasteiger charge is 2.07. The van der Waals surface area contributed by atoms with Crippen LogP contribution in [0, 0.1) is 0 Å². The molecule has 2 atom stereocenters. The Morgan fingerprint density at radius 2 is 2.06 bits per heavy atom. The Morgan fingerprint density at radius 3 is 2.65 bits per heavy atom. The highest BCUT2D eigenvalue weighted by molar-refractivity contribution is 9.10. The molecule has 17 heavy (non-hydrogen) atoms. The van der Waals surface area contributed by atoms with Gasteiger partial charge in [-0.15, -0.1) is 0 Å². The number of rotatable bonds is 6. The summed E-state index contributed by atoms with van der Waals surface area (Å²) in [6.45, 7) is 6.29. The summed E-state index contributed by atoms with van der Waals surface area (Å²) in [5.74, 6) is 0.935. The van der Waals surface area contributed by atoms with E-state index in [1.54, 1.807) is 0 Å². The van der Waals surface area contributed by atoms with Crippen LogP contribution < -0.4 is 10.5 Å². The third kappa shape index (κ3) is 5.09. The molecule has 0 saturated heterocycles. The van der Waals surface area contributed by atoms with Gasteiger partial charge >= 0.3 is 0 Å². The summed E-state index contributed by atoms with van der Waals surface area (Å²) >= 11 is 3.54. The molecule has 0 aliphatic rings. The second kappa shape index (κ2) is 7.02. The maximum absolute atomic E-state index is 5.87. The fraction of sp³-hybridized carbons (Fsp3) is 0.571. The zero-order valence-electron chi connectivity index (χ0n) is 10.9. The number of ether oxygens (including phenoxy) is 1. The molecule has 3 heteroatoms. The summed E-state index contributed by atoms with van der Waals surface area (Å²) in [4.78, 5) is 0. The van der Waals surface area contributed by atoms with E-state index in [0.29, 0.717) is 0 Å². The lowest BCUT2D eigenvalue weighted by molar-refractivity contribution is 0.209. The number of hydrogen-bond donors (Lipinski definition) is 1. The molecular formula is C14H22BrNO. The van der Waals surface area contributed by atoms with Gasteiger partial charge in [-0.2, -0.15) is 0 Å². The summed E-state index contributed by atoms with van der Waals surface area (Å²) < 4.78 is 6.97. The summed E-state index contributed by atoms with van der Waals surface area (Å²) in [7, 11) is 0. The van der Waals surface area contributed by atoms with Crippen LogP contribution in [-0.2, 0) is 6.42 Å². The van der Waals surface area contributed by atoms with Crippen molar-refractivity contribution in [3.63, 3.8) is 0 Å². The van der Waals surface area contributed by atoms with Gasteiger partial charge in [0.2, 0.25) is 0 Å². The second-order valence-corrected chi connectivity index (χ2v) is 5.51. The molecular weight excluding hydrogens is 278 g/mol. The SMILES string of the molecule is CCCC(C)Oc1ccc(Br)c(CC(C)N)c1. The average Bonchev–Trinajstić information content (AvgIpc) is 2.22. The van der Waals surface area contributed by atoms with Crippen molar-refractivity contribution in [1.29, 1.82) is 0 Å². The van der Waals surface area contributed by atoms with Gasteiger partial charge < -0.3 is 10.5 Å². The maximum Gasteiger partial charge on any atom is 0.120 e. The minimum absolute atomic E-state index is 0.162. The van der Waals surface area contributed by atoms with Crippen molar-refractivity contribution in [3.8, 4) is 5.75 Å². The standard InChI is InChI=1S/C14H22BrNO/c1-4-5-11(3)17-13-6-7-14(15)12(9-13)8-10(2)16/h6-7,9-11H,4-5,8,16H2,1-3H3. The minimum atomic E-state index is 0.162. The van der Waals surface area contributed by atoms with E-state index >= 15 is 0 Å². The Labute approximate surface area is 113 Å². The molecule has 0 aliphatic carbocycles. The van der Waals surface area contributed by atoms with Gasteiger partial charge in [0.05, 0.1) is 6.10 Å². The monoisotopic (exact) mass is 299 g/mol. The lowest BCUT2D eigenvalue weighted by atomic mass is 10.1. The van der Waals surface area contributed by atoms with Crippen LogP contribution in [0.15, 0.2) is 22.7 Å². The van der Waals surface area contributed by atoms with Crippen molar-refractivity contribution in [2.75, 3.05) is 0 Å². The van der Waals surface area contributed by atoms with Gasteiger partial charge in [-0.1, -0.05) is 29.3 Å². The van der Waals surface area contributed by atoms with Crippen LogP contribution in [0.5, 0.6) is 5.75 Å². The van der Waals surface area contributed by atoms with Crippen molar-refractivity contribution in [2.45, 2.75) is 52.2 Å². The van der Waals surface area contributed by atoms with Crippen LogP contribution in [0.4, 0.5) is 0 Å². The zero-order chi connectivity index (χ0) is 12.8. The van der Waals surface area contributed by atoms with E-state index in [2.05, 4.69) is 35.8 Å². The molecule has 1 aromatic rings. The first-order chi connectivity index (χ1) is 8.02. The van der Waals surface area contributed by atoms with Crippen molar-refractivity contribution in [1.82, 2.24) is 0 Å². The van der Waals surface area contributed by atoms with Crippen LogP contribution in [-0.4, -0.2) is 12.1 Å². The number of nitrogens with two attached hydrogens (primary N) is 1. The molecule has 0 saturated carbocycles. The van der Waals surface area contributed by atoms with Gasteiger partial charge in [0, 0.05) is 10.5 Å². The largest absolute Gasteiger partial charge is 0.491 e. The smallest absolute Gasteiger partial charge is 0.120 e. The van der Waals surface area contributed by atoms with E-state index in [9.17, 15) is 0 Å². The Bertz CT molecular complexity index is 352. The van der Waals surface area contributed by atoms with E-state index in [-0.39, 0.29) is 12.1 Å². The number of hydrogen-bond acceptors (Lipinski definition) is 2. The Hall–Kier alpha value is -0.540. The fourth-order valence-electron chi connectivity index (χ4n) is 1.83. The normalized spacial score (nSPS) is 14.4. The van der Waals surface area contributed by atoms with Gasteiger partial charge in [-0.3, -0.25) is 0 Å². The van der Waals surface area contributed by atoms with Crippen molar-refractivity contribution in [2.24, 2.45) is 5.73 Å². The third-order valence-electron chi connectivity index (χ3n) is 2.59. The van der Waals surface area contributed by atoms with Gasteiger partial charge in [0.15, 0.2) is 0 Å². The molecule has 2 unspecified atom stereocenters. The summed E-state index contributed by atoms with van der Waals surface area (Å²) in [5, 5.41) is 0. The lowest BCUT2D eigenvalue weighted by Crippen LogP contribution is -2.18. The highest BCUT2D eigenvalue weighted by atomic mass is 79.9. The van der Waals surface area contributed by atoms with Crippen molar-refractivity contribution in [3.05, 3.63) is 28.2 Å². The molecule has 0 radical (unpaired) electrons. The molecule has 0 bridgehead atoms. The zero-order valence-corrected chi connectivity index (χ0v) is 12.5. The average molecular weight is 300 g/mol. The Kier molecular flexibility index (Phi) is 6.00. The van der Waals surface area contributed by atoms with E-state index in [0.717, 1.165) is 29.5 Å². The van der Waals surface area contributed by atoms with E-state index in [1.807, 2.05) is 19.1 Å². The predicted octanol–water partition coefficient (Wildman–Crippen LogP) is 3.91. The lowest BCUT2D eigenvalue weighted by Gasteiger charge is -2.16. The molecule has 0 amide bonds. The van der Waals surface area contributed by atoms with Crippen LogP contribution in [0.1, 0.15) is 39.2 Å². The van der Waals surface area contributed by atoms with E-state index < -0.39 is 0 Å². The molecule has 0 spiro atoms. The van der Waals surface area contributed by atoms with Crippen LogP contribution in [0.3, 0.4) is 0 Å². The maximum atomic E-state index is 5.87. The molecule has 0 aliphatic heterocycles. The first-order valence-electron chi connectivity index (χ1n) is 6.23. The molecule has 1 rings (SSSR count). The molecule has 0 fully saturated rings. The fourth-order valence-corrected chi connectivity index (χ4v) is 2.23. The first-order valence-corrected chi connectivity index (χ1v) is 7.03. The van der Waals surface area contributed by atoms with Crippen LogP contribution >= 0.6 is 15.9 Å². The third-order valence-corrected chi connectivity index (χ3v) is 3.37. The van der Waals surface area contributed by atoms with Gasteiger partial charge in [0.25, 0.3) is 0 Å². The van der Waals surface area contributed by atoms with Gasteiger partial charge in [0.1, 0.15) is 5.75 Å². The summed E-state index contributed by atoms with van der Waals surface area (Å²) in [6, 6.07) is 6.28. The molecule has 0 heterocycles. The minimum Gasteiger partial charge on any atom is -0.491 e. The second-order valence-electron chi connectivity index (χ2n) is 4.65. The molecule has 2 N–H and O–H groups in total. The van der Waals surface area contributed by atoms with Gasteiger partial charge in [-0.05, 0) is 50.5 Å².